The number of aromatic nitrogens is 2. The number of aryl methyl sites for hydroxylation is 1. The number of imidazole rings is 1. The van der Waals surface area contributed by atoms with Crippen molar-refractivity contribution in [3.63, 3.8) is 0 Å². The third-order valence-electron chi connectivity index (χ3n) is 5.79. The summed E-state index contributed by atoms with van der Waals surface area (Å²) >= 11 is 0. The molecule has 0 unspecified atom stereocenters. The first kappa shape index (κ1) is 20.7. The zero-order valence-electron chi connectivity index (χ0n) is 18.1. The number of ether oxygens (including phenoxy) is 2. The Bertz CT molecular complexity index is 958. The number of nitrogens with one attached hydrogen (secondary N) is 1. The van der Waals surface area contributed by atoms with Gasteiger partial charge in [0.25, 0.3) is 5.91 Å². The van der Waals surface area contributed by atoms with Crippen LogP contribution in [0.2, 0.25) is 0 Å². The van der Waals surface area contributed by atoms with E-state index in [1.165, 1.54) is 0 Å². The minimum atomic E-state index is -0.725. The molecule has 0 spiro atoms. The summed E-state index contributed by atoms with van der Waals surface area (Å²) in [6, 6.07) is 4.04. The number of nitrogens with zero attached hydrogens (tertiary/aromatic N) is 3. The summed E-state index contributed by atoms with van der Waals surface area (Å²) in [5.74, 6) is 0.632. The van der Waals surface area contributed by atoms with Gasteiger partial charge >= 0.3 is 6.09 Å². The van der Waals surface area contributed by atoms with Gasteiger partial charge in [0, 0.05) is 12.7 Å². The van der Waals surface area contributed by atoms with E-state index >= 15 is 0 Å². The Labute approximate surface area is 176 Å². The highest BCUT2D eigenvalue weighted by molar-refractivity contribution is 5.83. The van der Waals surface area contributed by atoms with Crippen molar-refractivity contribution >= 4 is 17.5 Å². The quantitative estimate of drug-likeness (QED) is 0.835. The number of carbonyl (C=O) groups is 2. The highest BCUT2D eigenvalue weighted by Crippen LogP contribution is 2.41. The molecule has 1 atom stereocenters. The highest BCUT2D eigenvalue weighted by Gasteiger charge is 2.45. The molecule has 8 heteroatoms. The van der Waals surface area contributed by atoms with Crippen molar-refractivity contribution in [1.82, 2.24) is 19.6 Å². The molecule has 1 N–H and O–H groups in total. The van der Waals surface area contributed by atoms with Crippen LogP contribution < -0.4 is 5.32 Å². The standard InChI is InChI=1S/C22H30N4O4/c1-15-7-5-10-26-16(15)13-23-19(26)22(8-6-9-22)24-18(27)17-14-25(11-12-29-17)20(28)30-21(2,3)4/h5,7,10,13,17H,6,8-9,11-12,14H2,1-4H3,(H,24,27)/t17-/m0/s1. The number of hydrogen-bond acceptors (Lipinski definition) is 5. The maximum absolute atomic E-state index is 13.1. The third kappa shape index (κ3) is 3.88. The first-order valence-electron chi connectivity index (χ1n) is 10.5. The lowest BCUT2D eigenvalue weighted by Crippen LogP contribution is -2.58. The number of pyridine rings is 1. The Morgan fingerprint density at radius 1 is 1.33 bits per heavy atom. The molecule has 30 heavy (non-hydrogen) atoms. The third-order valence-corrected chi connectivity index (χ3v) is 5.79. The molecule has 1 aliphatic heterocycles. The second kappa shape index (κ2) is 7.58. The number of fused-ring (bicyclic) bond motifs is 1. The maximum atomic E-state index is 13.1. The lowest BCUT2D eigenvalue weighted by molar-refractivity contribution is -0.141. The van der Waals surface area contributed by atoms with Gasteiger partial charge < -0.3 is 24.1 Å². The van der Waals surface area contributed by atoms with Crippen LogP contribution in [-0.2, 0) is 19.8 Å². The van der Waals surface area contributed by atoms with Crippen LogP contribution in [0.1, 0.15) is 51.4 Å². The lowest BCUT2D eigenvalue weighted by atomic mass is 9.75. The second-order valence-electron chi connectivity index (χ2n) is 9.24. The molecular weight excluding hydrogens is 384 g/mol. The fourth-order valence-electron chi connectivity index (χ4n) is 4.07. The number of carbonyl (C=O) groups excluding carboxylic acids is 2. The number of hydrogen-bond donors (Lipinski definition) is 1. The van der Waals surface area contributed by atoms with Crippen LogP contribution in [0.4, 0.5) is 4.79 Å². The van der Waals surface area contributed by atoms with Crippen molar-refractivity contribution < 1.29 is 19.1 Å². The predicted octanol–water partition coefficient (Wildman–Crippen LogP) is 2.77. The van der Waals surface area contributed by atoms with E-state index in [1.54, 1.807) is 4.90 Å². The molecule has 3 heterocycles. The average Bonchev–Trinajstić information content (AvgIpc) is 3.09. The van der Waals surface area contributed by atoms with Gasteiger partial charge in [-0.3, -0.25) is 4.79 Å². The van der Waals surface area contributed by atoms with Crippen molar-refractivity contribution in [1.29, 1.82) is 0 Å². The molecule has 2 amide bonds. The smallest absolute Gasteiger partial charge is 0.410 e. The minimum Gasteiger partial charge on any atom is -0.444 e. The summed E-state index contributed by atoms with van der Waals surface area (Å²) in [4.78, 5) is 31.7. The maximum Gasteiger partial charge on any atom is 0.410 e. The lowest BCUT2D eigenvalue weighted by Gasteiger charge is -2.43. The molecule has 1 saturated carbocycles. The first-order chi connectivity index (χ1) is 14.2. The minimum absolute atomic E-state index is 0.179. The topological polar surface area (TPSA) is 85.2 Å². The van der Waals surface area contributed by atoms with Crippen molar-refractivity contribution in [2.45, 2.75) is 64.2 Å². The molecule has 2 aromatic rings. The van der Waals surface area contributed by atoms with Gasteiger partial charge in [0.1, 0.15) is 11.4 Å². The monoisotopic (exact) mass is 414 g/mol. The van der Waals surface area contributed by atoms with Crippen LogP contribution in [0, 0.1) is 6.92 Å². The SMILES string of the molecule is Cc1cccn2c(C3(NC(=O)[C@@H]4CN(C(=O)OC(C)(C)C)CCO4)CCC3)ncc12. The highest BCUT2D eigenvalue weighted by atomic mass is 16.6. The summed E-state index contributed by atoms with van der Waals surface area (Å²) in [6.45, 7) is 8.42. The van der Waals surface area contributed by atoms with E-state index < -0.39 is 23.3 Å². The van der Waals surface area contributed by atoms with E-state index in [9.17, 15) is 9.59 Å². The average molecular weight is 415 g/mol. The van der Waals surface area contributed by atoms with Gasteiger partial charge in [-0.05, 0) is 58.6 Å². The Kier molecular flexibility index (Phi) is 5.22. The number of rotatable bonds is 3. The van der Waals surface area contributed by atoms with Gasteiger partial charge in [-0.1, -0.05) is 6.07 Å². The van der Waals surface area contributed by atoms with Crippen LogP contribution in [-0.4, -0.2) is 57.7 Å². The Balaban J connectivity index is 1.49. The van der Waals surface area contributed by atoms with Gasteiger partial charge in [0.15, 0.2) is 6.10 Å². The fraction of sp³-hybridized carbons (Fsp3) is 0.591. The van der Waals surface area contributed by atoms with Crippen molar-refractivity contribution in [2.24, 2.45) is 0 Å². The molecule has 162 valence electrons. The first-order valence-corrected chi connectivity index (χ1v) is 10.5. The predicted molar refractivity (Wildman–Crippen MR) is 111 cm³/mol. The molecule has 2 aliphatic rings. The molecular formula is C22H30N4O4. The van der Waals surface area contributed by atoms with Crippen molar-refractivity contribution in [3.05, 3.63) is 35.9 Å². The van der Waals surface area contributed by atoms with Crippen LogP contribution in [0.5, 0.6) is 0 Å². The van der Waals surface area contributed by atoms with Gasteiger partial charge in [-0.2, -0.15) is 0 Å². The molecule has 2 fully saturated rings. The van der Waals surface area contributed by atoms with Crippen LogP contribution in [0.25, 0.3) is 5.52 Å². The van der Waals surface area contributed by atoms with Gasteiger partial charge in [0.05, 0.1) is 30.4 Å². The van der Waals surface area contributed by atoms with Crippen molar-refractivity contribution in [2.75, 3.05) is 19.7 Å². The molecule has 2 aromatic heterocycles. The molecule has 0 radical (unpaired) electrons. The number of morpholine rings is 1. The molecule has 1 saturated heterocycles. The molecule has 1 aliphatic carbocycles. The zero-order valence-corrected chi connectivity index (χ0v) is 18.1. The normalized spacial score (nSPS) is 21.2. The van der Waals surface area contributed by atoms with Crippen LogP contribution >= 0.6 is 0 Å². The van der Waals surface area contributed by atoms with E-state index in [1.807, 2.05) is 52.2 Å². The van der Waals surface area contributed by atoms with E-state index in [2.05, 4.69) is 14.7 Å². The summed E-state index contributed by atoms with van der Waals surface area (Å²) in [5, 5.41) is 3.20. The number of amides is 2. The molecule has 4 rings (SSSR count). The summed E-state index contributed by atoms with van der Waals surface area (Å²) in [6.07, 6.45) is 5.38. The van der Waals surface area contributed by atoms with Gasteiger partial charge in [-0.15, -0.1) is 0 Å². The van der Waals surface area contributed by atoms with E-state index in [4.69, 9.17) is 9.47 Å². The van der Waals surface area contributed by atoms with Gasteiger partial charge in [-0.25, -0.2) is 9.78 Å². The van der Waals surface area contributed by atoms with E-state index in [0.717, 1.165) is 36.2 Å². The largest absolute Gasteiger partial charge is 0.444 e. The molecule has 0 aromatic carbocycles. The van der Waals surface area contributed by atoms with Crippen LogP contribution in [0.15, 0.2) is 24.5 Å². The molecule has 8 nitrogen and oxygen atoms in total. The van der Waals surface area contributed by atoms with Gasteiger partial charge in [0.2, 0.25) is 0 Å². The summed E-state index contributed by atoms with van der Waals surface area (Å²) < 4.78 is 13.2. The van der Waals surface area contributed by atoms with Crippen molar-refractivity contribution in [3.8, 4) is 0 Å². The summed E-state index contributed by atoms with van der Waals surface area (Å²) in [7, 11) is 0. The van der Waals surface area contributed by atoms with E-state index in [0.29, 0.717) is 13.2 Å². The second-order valence-corrected chi connectivity index (χ2v) is 9.24. The Morgan fingerprint density at radius 3 is 2.77 bits per heavy atom. The zero-order chi connectivity index (χ0) is 21.5. The Morgan fingerprint density at radius 2 is 2.10 bits per heavy atom. The van der Waals surface area contributed by atoms with Crippen LogP contribution in [0.3, 0.4) is 0 Å². The fourth-order valence-corrected chi connectivity index (χ4v) is 4.07. The Hall–Kier alpha value is -2.61. The summed E-state index contributed by atoms with van der Waals surface area (Å²) in [5.41, 5.74) is 1.09. The van der Waals surface area contributed by atoms with E-state index in [-0.39, 0.29) is 12.5 Å². The molecule has 0 bridgehead atoms.